The molecule has 2 N–H and O–H groups in total. The molecule has 0 unspecified atom stereocenters. The predicted octanol–water partition coefficient (Wildman–Crippen LogP) is 4.51. The van der Waals surface area contributed by atoms with Crippen LogP contribution in [0.3, 0.4) is 0 Å². The van der Waals surface area contributed by atoms with Crippen molar-refractivity contribution in [1.29, 1.82) is 0 Å². The van der Waals surface area contributed by atoms with Crippen LogP contribution in [0.2, 0.25) is 0 Å². The van der Waals surface area contributed by atoms with E-state index in [9.17, 15) is 13.2 Å². The van der Waals surface area contributed by atoms with Crippen LogP contribution in [-0.4, -0.2) is 25.4 Å². The number of nitrogens with one attached hydrogen (secondary N) is 2. The Morgan fingerprint density at radius 1 is 1.10 bits per heavy atom. The van der Waals surface area contributed by atoms with Gasteiger partial charge in [-0.05, 0) is 36.6 Å². The highest BCUT2D eigenvalue weighted by Crippen LogP contribution is 2.32. The number of H-pyrrole nitrogens is 1. The highest BCUT2D eigenvalue weighted by Gasteiger charge is 2.23. The number of esters is 1. The Hall–Kier alpha value is -2.64. The molecule has 0 bridgehead atoms. The third kappa shape index (κ3) is 4.42. The molecule has 0 atom stereocenters. The molecule has 7 heteroatoms. The predicted molar refractivity (Wildman–Crippen MR) is 116 cm³/mol. The van der Waals surface area contributed by atoms with Crippen molar-refractivity contribution in [3.63, 3.8) is 0 Å². The number of aromatic nitrogens is 1. The van der Waals surface area contributed by atoms with Crippen LogP contribution < -0.4 is 4.72 Å². The van der Waals surface area contributed by atoms with Crippen LogP contribution in [0, 0.1) is 0 Å². The van der Waals surface area contributed by atoms with Gasteiger partial charge in [0, 0.05) is 29.4 Å². The molecule has 1 aliphatic carbocycles. The molecule has 3 aromatic rings. The third-order valence-corrected chi connectivity index (χ3v) is 7.11. The molecule has 2 aromatic carbocycles. The van der Waals surface area contributed by atoms with Crippen molar-refractivity contribution in [2.45, 2.75) is 56.6 Å². The van der Waals surface area contributed by atoms with E-state index in [0.29, 0.717) is 0 Å². The van der Waals surface area contributed by atoms with Gasteiger partial charge in [0.1, 0.15) is 6.61 Å². The van der Waals surface area contributed by atoms with Gasteiger partial charge in [0.2, 0.25) is 10.0 Å². The second kappa shape index (κ2) is 8.62. The Kier molecular flexibility index (Phi) is 5.92. The van der Waals surface area contributed by atoms with E-state index in [4.69, 9.17) is 4.74 Å². The highest BCUT2D eigenvalue weighted by molar-refractivity contribution is 7.89. The Balaban J connectivity index is 1.70. The Morgan fingerprint density at radius 2 is 1.87 bits per heavy atom. The van der Waals surface area contributed by atoms with Crippen molar-refractivity contribution in [3.8, 4) is 11.3 Å². The SMILES string of the molecule is CC(=O)OCc1c(-c2cccc(S(=O)(=O)NC3CCCCC3)c2)[nH]c2ccccc12. The molecular formula is C23H26N2O4S. The summed E-state index contributed by atoms with van der Waals surface area (Å²) in [5, 5.41) is 0.947. The number of sulfonamides is 1. The van der Waals surface area contributed by atoms with Crippen LogP contribution in [0.25, 0.3) is 22.2 Å². The first-order valence-corrected chi connectivity index (χ1v) is 11.8. The van der Waals surface area contributed by atoms with E-state index in [1.54, 1.807) is 18.2 Å². The molecule has 158 valence electrons. The summed E-state index contributed by atoms with van der Waals surface area (Å²) in [6, 6.07) is 14.6. The van der Waals surface area contributed by atoms with Crippen molar-refractivity contribution in [2.75, 3.05) is 0 Å². The van der Waals surface area contributed by atoms with E-state index < -0.39 is 10.0 Å². The number of carbonyl (C=O) groups excluding carboxylic acids is 1. The second-order valence-electron chi connectivity index (χ2n) is 7.79. The summed E-state index contributed by atoms with van der Waals surface area (Å²) in [5.41, 5.74) is 3.23. The quantitative estimate of drug-likeness (QED) is 0.568. The van der Waals surface area contributed by atoms with E-state index >= 15 is 0 Å². The van der Waals surface area contributed by atoms with Gasteiger partial charge in [-0.25, -0.2) is 13.1 Å². The maximum absolute atomic E-state index is 13.0. The molecule has 1 fully saturated rings. The molecular weight excluding hydrogens is 400 g/mol. The molecule has 1 aliphatic rings. The van der Waals surface area contributed by atoms with Gasteiger partial charge in [0.25, 0.3) is 0 Å². The Labute approximate surface area is 176 Å². The van der Waals surface area contributed by atoms with Gasteiger partial charge in [-0.15, -0.1) is 0 Å². The van der Waals surface area contributed by atoms with Gasteiger partial charge < -0.3 is 9.72 Å². The lowest BCUT2D eigenvalue weighted by Gasteiger charge is -2.22. The molecule has 0 spiro atoms. The summed E-state index contributed by atoms with van der Waals surface area (Å²) in [6.45, 7) is 1.49. The smallest absolute Gasteiger partial charge is 0.302 e. The number of aromatic amines is 1. The van der Waals surface area contributed by atoms with Crippen molar-refractivity contribution in [2.24, 2.45) is 0 Å². The number of hydrogen-bond donors (Lipinski definition) is 2. The van der Waals surface area contributed by atoms with Crippen LogP contribution in [0.5, 0.6) is 0 Å². The summed E-state index contributed by atoms with van der Waals surface area (Å²) in [7, 11) is -3.61. The first-order valence-electron chi connectivity index (χ1n) is 10.3. The molecule has 0 aliphatic heterocycles. The number of rotatable bonds is 6. The third-order valence-electron chi connectivity index (χ3n) is 5.59. The number of fused-ring (bicyclic) bond motifs is 1. The molecule has 4 rings (SSSR count). The molecule has 30 heavy (non-hydrogen) atoms. The maximum Gasteiger partial charge on any atom is 0.302 e. The van der Waals surface area contributed by atoms with Crippen molar-refractivity contribution in [3.05, 3.63) is 54.1 Å². The number of hydrogen-bond acceptors (Lipinski definition) is 4. The fourth-order valence-electron chi connectivity index (χ4n) is 4.10. The van der Waals surface area contributed by atoms with E-state index in [2.05, 4.69) is 9.71 Å². The van der Waals surface area contributed by atoms with Gasteiger partial charge in [-0.2, -0.15) is 0 Å². The topological polar surface area (TPSA) is 88.3 Å². The Bertz CT molecular complexity index is 1160. The zero-order valence-corrected chi connectivity index (χ0v) is 17.8. The summed E-state index contributed by atoms with van der Waals surface area (Å²) in [4.78, 5) is 15.0. The van der Waals surface area contributed by atoms with Crippen LogP contribution in [-0.2, 0) is 26.2 Å². The zero-order valence-electron chi connectivity index (χ0n) is 17.0. The van der Waals surface area contributed by atoms with Gasteiger partial charge in [-0.3, -0.25) is 4.79 Å². The van der Waals surface area contributed by atoms with Gasteiger partial charge in [0.05, 0.1) is 10.6 Å². The monoisotopic (exact) mass is 426 g/mol. The lowest BCUT2D eigenvalue weighted by molar-refractivity contribution is -0.142. The van der Waals surface area contributed by atoms with Crippen LogP contribution in [0.1, 0.15) is 44.6 Å². The van der Waals surface area contributed by atoms with E-state index in [1.807, 2.05) is 30.3 Å². The normalized spacial score (nSPS) is 15.4. The van der Waals surface area contributed by atoms with Crippen molar-refractivity contribution in [1.82, 2.24) is 9.71 Å². The minimum Gasteiger partial charge on any atom is -0.461 e. The van der Waals surface area contributed by atoms with E-state index in [1.165, 1.54) is 13.3 Å². The zero-order chi connectivity index (χ0) is 21.1. The average Bonchev–Trinajstić information content (AvgIpc) is 3.11. The average molecular weight is 427 g/mol. The Morgan fingerprint density at radius 3 is 2.63 bits per heavy atom. The number of benzene rings is 2. The van der Waals surface area contributed by atoms with Crippen LogP contribution >= 0.6 is 0 Å². The van der Waals surface area contributed by atoms with Crippen molar-refractivity contribution < 1.29 is 17.9 Å². The number of ether oxygens (including phenoxy) is 1. The fraction of sp³-hybridized carbons (Fsp3) is 0.348. The summed E-state index contributed by atoms with van der Waals surface area (Å²) >= 11 is 0. The number of para-hydroxylation sites is 1. The van der Waals surface area contributed by atoms with E-state index in [-0.39, 0.29) is 23.5 Å². The van der Waals surface area contributed by atoms with Gasteiger partial charge >= 0.3 is 5.97 Å². The fourth-order valence-corrected chi connectivity index (χ4v) is 5.45. The van der Waals surface area contributed by atoms with Crippen LogP contribution in [0.15, 0.2) is 53.4 Å². The second-order valence-corrected chi connectivity index (χ2v) is 9.50. The standard InChI is InChI=1S/C23H26N2O4S/c1-16(26)29-15-21-20-12-5-6-13-22(20)24-23(21)17-8-7-11-19(14-17)30(27,28)25-18-9-3-2-4-10-18/h5-8,11-14,18,24-25H,2-4,9-10,15H2,1H3. The molecule has 0 saturated heterocycles. The van der Waals surface area contributed by atoms with Gasteiger partial charge in [0.15, 0.2) is 0 Å². The summed E-state index contributed by atoms with van der Waals surface area (Å²) in [6.07, 6.45) is 5.05. The molecule has 6 nitrogen and oxygen atoms in total. The van der Waals surface area contributed by atoms with Crippen LogP contribution in [0.4, 0.5) is 0 Å². The molecule has 1 heterocycles. The first kappa shape index (κ1) is 20.6. The molecule has 1 saturated carbocycles. The highest BCUT2D eigenvalue weighted by atomic mass is 32.2. The largest absolute Gasteiger partial charge is 0.461 e. The minimum atomic E-state index is -3.61. The summed E-state index contributed by atoms with van der Waals surface area (Å²) < 4.78 is 34.1. The molecule has 1 aromatic heterocycles. The molecule has 0 amide bonds. The number of carbonyl (C=O) groups is 1. The maximum atomic E-state index is 13.0. The minimum absolute atomic E-state index is 0.00000883. The lowest BCUT2D eigenvalue weighted by atomic mass is 9.96. The lowest BCUT2D eigenvalue weighted by Crippen LogP contribution is -2.36. The first-order chi connectivity index (χ1) is 14.4. The van der Waals surface area contributed by atoms with Crippen molar-refractivity contribution >= 4 is 26.9 Å². The molecule has 0 radical (unpaired) electrons. The van der Waals surface area contributed by atoms with E-state index in [0.717, 1.165) is 53.4 Å². The van der Waals surface area contributed by atoms with Gasteiger partial charge in [-0.1, -0.05) is 49.6 Å². The summed E-state index contributed by atoms with van der Waals surface area (Å²) in [5.74, 6) is -0.362.